The molecule has 1 saturated heterocycles. The van der Waals surface area contributed by atoms with Crippen LogP contribution in [-0.2, 0) is 4.74 Å². The molecule has 18 heavy (non-hydrogen) atoms. The quantitative estimate of drug-likeness (QED) is 0.310. The molecule has 1 aliphatic heterocycles. The SMILES string of the molecule is N=C([Se])c1ncn([C@@H]2O[C@H](CO)[C@@H](O)[C@H]2O)c1N. The number of hydrogen-bond acceptors (Lipinski definition) is 7. The summed E-state index contributed by atoms with van der Waals surface area (Å²) < 4.78 is 6.70. The van der Waals surface area contributed by atoms with E-state index in [4.69, 9.17) is 21.0 Å². The van der Waals surface area contributed by atoms with Gasteiger partial charge in [-0.15, -0.1) is 0 Å². The van der Waals surface area contributed by atoms with Crippen molar-refractivity contribution in [2.24, 2.45) is 0 Å². The fraction of sp³-hybridized carbons (Fsp3) is 0.556. The number of anilines is 1. The van der Waals surface area contributed by atoms with E-state index in [0.717, 1.165) is 0 Å². The van der Waals surface area contributed by atoms with E-state index in [9.17, 15) is 10.2 Å². The summed E-state index contributed by atoms with van der Waals surface area (Å²) in [6, 6.07) is 0. The third-order valence-corrected chi connectivity index (χ3v) is 3.24. The van der Waals surface area contributed by atoms with Crippen LogP contribution in [0.3, 0.4) is 0 Å². The van der Waals surface area contributed by atoms with Crippen molar-refractivity contribution in [1.82, 2.24) is 9.55 Å². The van der Waals surface area contributed by atoms with Crippen molar-refractivity contribution in [2.45, 2.75) is 24.5 Å². The summed E-state index contributed by atoms with van der Waals surface area (Å²) in [5.74, 6) is 0.147. The Morgan fingerprint density at radius 3 is 2.67 bits per heavy atom. The number of ether oxygens (including phenoxy) is 1. The number of nitrogens with one attached hydrogen (secondary N) is 1. The molecular formula is C9H13N4O4Se. The Morgan fingerprint density at radius 2 is 2.22 bits per heavy atom. The second kappa shape index (κ2) is 4.96. The van der Waals surface area contributed by atoms with Crippen LogP contribution in [0.15, 0.2) is 6.33 Å². The van der Waals surface area contributed by atoms with Gasteiger partial charge in [0, 0.05) is 0 Å². The predicted octanol–water partition coefficient (Wildman–Crippen LogP) is -2.43. The molecule has 4 atom stereocenters. The van der Waals surface area contributed by atoms with Crippen molar-refractivity contribution in [3.8, 4) is 0 Å². The normalized spacial score (nSPS) is 31.7. The third-order valence-electron chi connectivity index (χ3n) is 2.84. The minimum absolute atomic E-state index is 0.0676. The topological polar surface area (TPSA) is 138 Å². The average Bonchev–Trinajstić information content (AvgIpc) is 2.82. The summed E-state index contributed by atoms with van der Waals surface area (Å²) in [4.78, 5) is 3.92. The van der Waals surface area contributed by atoms with Crippen LogP contribution in [0.25, 0.3) is 0 Å². The van der Waals surface area contributed by atoms with Gasteiger partial charge in [0.15, 0.2) is 0 Å². The standard InChI is InChI=1S/C9H13N4O4Se/c10-7-4(8(11)18)12-2-13(7)9-6(16)5(15)3(1-14)17-9/h2-3,5-6,9,11,14-16H,1,10H2/t3-,5-,6-,9-/m1/s1. The predicted molar refractivity (Wildman–Crippen MR) is 62.2 cm³/mol. The first-order chi connectivity index (χ1) is 8.47. The van der Waals surface area contributed by atoms with Crippen molar-refractivity contribution in [1.29, 1.82) is 5.41 Å². The maximum atomic E-state index is 9.83. The van der Waals surface area contributed by atoms with Gasteiger partial charge in [-0.2, -0.15) is 0 Å². The molecule has 1 aromatic heterocycles. The fourth-order valence-corrected chi connectivity index (χ4v) is 2.19. The van der Waals surface area contributed by atoms with Crippen LogP contribution in [0.5, 0.6) is 0 Å². The van der Waals surface area contributed by atoms with E-state index in [0.29, 0.717) is 0 Å². The number of nitrogens with zero attached hydrogens (tertiary/aromatic N) is 2. The Labute approximate surface area is 111 Å². The zero-order valence-electron chi connectivity index (χ0n) is 9.22. The molecule has 0 aliphatic carbocycles. The first kappa shape index (κ1) is 13.5. The van der Waals surface area contributed by atoms with Crippen LogP contribution in [0.1, 0.15) is 11.9 Å². The second-order valence-electron chi connectivity index (χ2n) is 3.94. The van der Waals surface area contributed by atoms with E-state index < -0.39 is 31.1 Å². The summed E-state index contributed by atoms with van der Waals surface area (Å²) in [6.45, 7) is -0.409. The first-order valence-electron chi connectivity index (χ1n) is 5.18. The van der Waals surface area contributed by atoms with Gasteiger partial charge in [-0.3, -0.25) is 0 Å². The van der Waals surface area contributed by atoms with Crippen molar-refractivity contribution in [2.75, 3.05) is 12.3 Å². The van der Waals surface area contributed by atoms with E-state index in [2.05, 4.69) is 21.0 Å². The van der Waals surface area contributed by atoms with Gasteiger partial charge in [-0.05, 0) is 0 Å². The third kappa shape index (κ3) is 2.05. The van der Waals surface area contributed by atoms with Crippen LogP contribution in [0, 0.1) is 5.41 Å². The molecule has 2 heterocycles. The number of aliphatic hydroxyl groups is 3. The van der Waals surface area contributed by atoms with E-state index in [1.165, 1.54) is 10.9 Å². The second-order valence-corrected chi connectivity index (χ2v) is 4.80. The van der Waals surface area contributed by atoms with Gasteiger partial charge >= 0.3 is 110 Å². The molecule has 1 fully saturated rings. The van der Waals surface area contributed by atoms with Crippen molar-refractivity contribution < 1.29 is 20.1 Å². The molecule has 0 amide bonds. The molecule has 9 heteroatoms. The number of hydrogen-bond donors (Lipinski definition) is 5. The summed E-state index contributed by atoms with van der Waals surface area (Å²) in [5, 5.41) is 35.9. The molecule has 2 rings (SSSR count). The van der Waals surface area contributed by atoms with Gasteiger partial charge in [0.05, 0.1) is 0 Å². The Bertz CT molecular complexity index is 465. The van der Waals surface area contributed by atoms with Crippen LogP contribution in [0.2, 0.25) is 0 Å². The molecule has 0 aromatic carbocycles. The van der Waals surface area contributed by atoms with Crippen molar-refractivity contribution in [3.05, 3.63) is 12.0 Å². The van der Waals surface area contributed by atoms with Crippen LogP contribution >= 0.6 is 0 Å². The fourth-order valence-electron chi connectivity index (χ4n) is 1.86. The van der Waals surface area contributed by atoms with Gasteiger partial charge in [-0.25, -0.2) is 0 Å². The summed E-state index contributed by atoms with van der Waals surface area (Å²) in [7, 11) is 0. The molecule has 8 nitrogen and oxygen atoms in total. The number of imidazole rings is 1. The molecule has 0 unspecified atom stereocenters. The van der Waals surface area contributed by atoms with Gasteiger partial charge in [-0.1, -0.05) is 0 Å². The van der Waals surface area contributed by atoms with Gasteiger partial charge < -0.3 is 0 Å². The number of aromatic nitrogens is 2. The average molecular weight is 320 g/mol. The minimum atomic E-state index is -1.22. The maximum absolute atomic E-state index is 9.83. The molecule has 1 aromatic rings. The van der Waals surface area contributed by atoms with Crippen LogP contribution < -0.4 is 5.73 Å². The number of nitrogen functional groups attached to an aromatic ring is 1. The van der Waals surface area contributed by atoms with Gasteiger partial charge in [0.2, 0.25) is 0 Å². The molecule has 99 valence electrons. The zero-order valence-corrected chi connectivity index (χ0v) is 10.9. The van der Waals surface area contributed by atoms with E-state index in [1.54, 1.807) is 0 Å². The molecule has 0 spiro atoms. The van der Waals surface area contributed by atoms with E-state index in [-0.39, 0.29) is 16.1 Å². The Balaban J connectivity index is 2.30. The molecule has 1 radical (unpaired) electrons. The molecule has 1 aliphatic rings. The van der Waals surface area contributed by atoms with Gasteiger partial charge in [0.1, 0.15) is 0 Å². The Morgan fingerprint density at radius 1 is 1.56 bits per heavy atom. The molecular weight excluding hydrogens is 307 g/mol. The Hall–Kier alpha value is -0.961. The van der Waals surface area contributed by atoms with Crippen molar-refractivity contribution in [3.63, 3.8) is 0 Å². The molecule has 6 N–H and O–H groups in total. The van der Waals surface area contributed by atoms with Crippen LogP contribution in [0.4, 0.5) is 5.82 Å². The molecule has 0 bridgehead atoms. The monoisotopic (exact) mass is 321 g/mol. The zero-order chi connectivity index (χ0) is 13.4. The number of nitrogens with two attached hydrogens (primary N) is 1. The first-order valence-corrected chi connectivity index (χ1v) is 6.03. The summed E-state index contributed by atoms with van der Waals surface area (Å²) in [5.41, 5.74) is 6.03. The van der Waals surface area contributed by atoms with E-state index in [1.807, 2.05) is 0 Å². The van der Waals surface area contributed by atoms with Gasteiger partial charge in [0.25, 0.3) is 0 Å². The number of aliphatic hydroxyl groups excluding tert-OH is 3. The summed E-state index contributed by atoms with van der Waals surface area (Å²) >= 11 is 2.48. The van der Waals surface area contributed by atoms with E-state index >= 15 is 0 Å². The van der Waals surface area contributed by atoms with Crippen molar-refractivity contribution >= 4 is 26.4 Å². The molecule has 0 saturated carbocycles. The summed E-state index contributed by atoms with van der Waals surface area (Å²) in [6.07, 6.45) is -2.91. The Kier molecular flexibility index (Phi) is 3.71. The van der Waals surface area contributed by atoms with Crippen LogP contribution in [-0.4, -0.2) is 70.4 Å². The number of rotatable bonds is 3.